The maximum atomic E-state index is 13.2. The Hall–Kier alpha value is -2.33. The molecule has 0 amide bonds. The molecule has 2 atom stereocenters. The summed E-state index contributed by atoms with van der Waals surface area (Å²) in [5.74, 6) is 0.365. The minimum absolute atomic E-state index is 0.0281. The Balaban J connectivity index is 1.57. The van der Waals surface area contributed by atoms with Crippen LogP contribution in [0.25, 0.3) is 0 Å². The summed E-state index contributed by atoms with van der Waals surface area (Å²) in [4.78, 5) is 17.6. The number of para-hydroxylation sites is 1. The number of hydrogen-bond donors (Lipinski definition) is 0. The van der Waals surface area contributed by atoms with E-state index in [9.17, 15) is 4.79 Å². The van der Waals surface area contributed by atoms with Crippen molar-refractivity contribution in [2.45, 2.75) is 25.0 Å². The molecule has 3 fully saturated rings. The number of benzene rings is 2. The van der Waals surface area contributed by atoms with Crippen LogP contribution in [-0.4, -0.2) is 43.7 Å². The first-order valence-corrected chi connectivity index (χ1v) is 9.48. The summed E-state index contributed by atoms with van der Waals surface area (Å²) in [6.45, 7) is 3.17. The molecule has 0 radical (unpaired) electrons. The molecule has 3 aliphatic rings. The van der Waals surface area contributed by atoms with Crippen LogP contribution in [0.3, 0.4) is 0 Å². The van der Waals surface area contributed by atoms with Crippen LogP contribution in [0, 0.1) is 5.92 Å². The lowest BCUT2D eigenvalue weighted by molar-refractivity contribution is -0.160. The third-order valence-corrected chi connectivity index (χ3v) is 5.75. The summed E-state index contributed by atoms with van der Waals surface area (Å²) in [5.41, 5.74) is 1.97. The second-order valence-electron chi connectivity index (χ2n) is 7.37. The van der Waals surface area contributed by atoms with Gasteiger partial charge in [-0.15, -0.1) is 0 Å². The lowest BCUT2D eigenvalue weighted by Gasteiger charge is -2.44. The van der Waals surface area contributed by atoms with Crippen LogP contribution in [0.15, 0.2) is 60.7 Å². The summed E-state index contributed by atoms with van der Waals surface area (Å²) in [7, 11) is 1.96. The van der Waals surface area contributed by atoms with Gasteiger partial charge in [0, 0.05) is 19.3 Å². The van der Waals surface area contributed by atoms with E-state index in [1.165, 1.54) is 0 Å². The number of carbonyl (C=O) groups is 1. The van der Waals surface area contributed by atoms with Crippen molar-refractivity contribution in [1.29, 1.82) is 0 Å². The molecule has 2 aromatic rings. The minimum atomic E-state index is -0.436. The summed E-state index contributed by atoms with van der Waals surface area (Å²) in [5, 5.41) is 0. The lowest BCUT2D eigenvalue weighted by atomic mass is 9.86. The SMILES string of the molecule is CN(c1ccccc1)[C@@H](C(=O)OC1CN2CCC1CC2)c1ccccc1. The van der Waals surface area contributed by atoms with E-state index in [4.69, 9.17) is 4.74 Å². The summed E-state index contributed by atoms with van der Waals surface area (Å²) < 4.78 is 6.06. The number of hydrogen-bond acceptors (Lipinski definition) is 4. The predicted molar refractivity (Wildman–Crippen MR) is 103 cm³/mol. The molecule has 0 spiro atoms. The van der Waals surface area contributed by atoms with E-state index in [-0.39, 0.29) is 12.1 Å². The molecule has 0 N–H and O–H groups in total. The summed E-state index contributed by atoms with van der Waals surface area (Å²) in [6.07, 6.45) is 2.31. The molecule has 4 heteroatoms. The van der Waals surface area contributed by atoms with Gasteiger partial charge in [-0.1, -0.05) is 48.5 Å². The Bertz CT molecular complexity index is 726. The van der Waals surface area contributed by atoms with Crippen LogP contribution in [0.4, 0.5) is 5.69 Å². The third-order valence-electron chi connectivity index (χ3n) is 5.75. The van der Waals surface area contributed by atoms with E-state index in [1.807, 2.05) is 72.6 Å². The normalized spacial score (nSPS) is 25.5. The van der Waals surface area contributed by atoms with Crippen molar-refractivity contribution in [3.8, 4) is 0 Å². The van der Waals surface area contributed by atoms with Gasteiger partial charge in [0.15, 0.2) is 6.04 Å². The Morgan fingerprint density at radius 3 is 2.23 bits per heavy atom. The zero-order valence-corrected chi connectivity index (χ0v) is 15.3. The molecule has 3 aliphatic heterocycles. The van der Waals surface area contributed by atoms with E-state index < -0.39 is 6.04 Å². The van der Waals surface area contributed by atoms with E-state index in [0.717, 1.165) is 43.7 Å². The number of ether oxygens (including phenoxy) is 1. The van der Waals surface area contributed by atoms with Gasteiger partial charge in [-0.25, -0.2) is 4.79 Å². The molecule has 2 aromatic carbocycles. The second kappa shape index (κ2) is 7.50. The molecule has 3 heterocycles. The number of nitrogens with zero attached hydrogens (tertiary/aromatic N) is 2. The van der Waals surface area contributed by atoms with Crippen molar-refractivity contribution in [1.82, 2.24) is 4.90 Å². The zero-order chi connectivity index (χ0) is 17.9. The predicted octanol–water partition coefficient (Wildman–Crippen LogP) is 3.50. The fraction of sp³-hybridized carbons (Fsp3) is 0.409. The van der Waals surface area contributed by atoms with Gasteiger partial charge in [0.05, 0.1) is 0 Å². The van der Waals surface area contributed by atoms with Crippen molar-refractivity contribution in [3.05, 3.63) is 66.2 Å². The molecule has 136 valence electrons. The molecule has 2 bridgehead atoms. The van der Waals surface area contributed by atoms with Crippen molar-refractivity contribution in [2.75, 3.05) is 31.6 Å². The Morgan fingerprint density at radius 2 is 1.65 bits per heavy atom. The van der Waals surface area contributed by atoms with Gasteiger partial charge in [-0.3, -0.25) is 4.90 Å². The van der Waals surface area contributed by atoms with Crippen LogP contribution in [0.5, 0.6) is 0 Å². The van der Waals surface area contributed by atoms with Crippen LogP contribution in [0.2, 0.25) is 0 Å². The molecular weight excluding hydrogens is 324 g/mol. The van der Waals surface area contributed by atoms with Crippen LogP contribution in [-0.2, 0) is 9.53 Å². The quantitative estimate of drug-likeness (QED) is 0.773. The molecule has 26 heavy (non-hydrogen) atoms. The molecule has 1 unspecified atom stereocenters. The maximum Gasteiger partial charge on any atom is 0.333 e. The molecule has 4 nitrogen and oxygen atoms in total. The minimum Gasteiger partial charge on any atom is -0.459 e. The highest BCUT2D eigenvalue weighted by molar-refractivity contribution is 5.82. The standard InChI is InChI=1S/C22H26N2O2/c1-23(19-10-6-3-7-11-19)21(18-8-4-2-5-9-18)22(25)26-20-16-24-14-12-17(20)13-15-24/h2-11,17,20-21H,12-16H2,1H3/t20?,21-/m1/s1. The Labute approximate surface area is 155 Å². The molecule has 3 saturated heterocycles. The van der Waals surface area contributed by atoms with Gasteiger partial charge in [-0.2, -0.15) is 0 Å². The highest BCUT2D eigenvalue weighted by Crippen LogP contribution is 2.32. The van der Waals surface area contributed by atoms with Gasteiger partial charge >= 0.3 is 5.97 Å². The topological polar surface area (TPSA) is 32.8 Å². The smallest absolute Gasteiger partial charge is 0.333 e. The number of anilines is 1. The molecule has 0 aliphatic carbocycles. The number of carbonyl (C=O) groups excluding carboxylic acids is 1. The van der Waals surface area contributed by atoms with Crippen molar-refractivity contribution in [2.24, 2.45) is 5.92 Å². The number of fused-ring (bicyclic) bond motifs is 3. The fourth-order valence-electron chi connectivity index (χ4n) is 4.22. The maximum absolute atomic E-state index is 13.2. The van der Waals surface area contributed by atoms with Gasteiger partial charge in [0.2, 0.25) is 0 Å². The van der Waals surface area contributed by atoms with Crippen LogP contribution < -0.4 is 4.90 Å². The molecular formula is C22H26N2O2. The van der Waals surface area contributed by atoms with E-state index in [2.05, 4.69) is 4.90 Å². The van der Waals surface area contributed by atoms with E-state index in [1.54, 1.807) is 0 Å². The van der Waals surface area contributed by atoms with Crippen molar-refractivity contribution < 1.29 is 9.53 Å². The number of piperidine rings is 3. The first-order valence-electron chi connectivity index (χ1n) is 9.48. The second-order valence-corrected chi connectivity index (χ2v) is 7.37. The average Bonchev–Trinajstić information content (AvgIpc) is 2.70. The summed E-state index contributed by atoms with van der Waals surface area (Å²) >= 11 is 0. The van der Waals surface area contributed by atoms with Crippen molar-refractivity contribution in [3.63, 3.8) is 0 Å². The summed E-state index contributed by atoms with van der Waals surface area (Å²) in [6, 6.07) is 19.5. The third kappa shape index (κ3) is 3.47. The van der Waals surface area contributed by atoms with Gasteiger partial charge in [0.25, 0.3) is 0 Å². The zero-order valence-electron chi connectivity index (χ0n) is 15.3. The Morgan fingerprint density at radius 1 is 1.04 bits per heavy atom. The van der Waals surface area contributed by atoms with Crippen LogP contribution in [0.1, 0.15) is 24.4 Å². The average molecular weight is 350 g/mol. The number of esters is 1. The molecule has 5 rings (SSSR count). The van der Waals surface area contributed by atoms with Crippen molar-refractivity contribution >= 4 is 11.7 Å². The lowest BCUT2D eigenvalue weighted by Crippen LogP contribution is -2.52. The number of rotatable bonds is 5. The largest absolute Gasteiger partial charge is 0.459 e. The monoisotopic (exact) mass is 350 g/mol. The Kier molecular flexibility index (Phi) is 4.93. The van der Waals surface area contributed by atoms with Crippen LogP contribution >= 0.6 is 0 Å². The van der Waals surface area contributed by atoms with E-state index in [0.29, 0.717) is 5.92 Å². The molecule has 0 aromatic heterocycles. The van der Waals surface area contributed by atoms with Gasteiger partial charge in [0.1, 0.15) is 6.10 Å². The highest BCUT2D eigenvalue weighted by Gasteiger charge is 2.38. The fourth-order valence-corrected chi connectivity index (χ4v) is 4.22. The first kappa shape index (κ1) is 17.1. The highest BCUT2D eigenvalue weighted by atomic mass is 16.5. The molecule has 0 saturated carbocycles. The van der Waals surface area contributed by atoms with Gasteiger partial charge < -0.3 is 9.64 Å². The van der Waals surface area contributed by atoms with Gasteiger partial charge in [-0.05, 0) is 49.5 Å². The number of likely N-dealkylation sites (N-methyl/N-ethyl adjacent to an activating group) is 1. The first-order chi connectivity index (χ1) is 12.7. The van der Waals surface area contributed by atoms with E-state index >= 15 is 0 Å².